The van der Waals surface area contributed by atoms with E-state index in [4.69, 9.17) is 18.9 Å². The Morgan fingerprint density at radius 1 is 0.463 bits per heavy atom. The summed E-state index contributed by atoms with van der Waals surface area (Å²) in [7, 11) is 0. The molecule has 0 N–H and O–H groups in total. The molecule has 41 heavy (non-hydrogen) atoms. The Bertz CT molecular complexity index is 890. The molecular formula is C37H60O4. The first-order valence-electron chi connectivity index (χ1n) is 18.0. The molecule has 4 saturated heterocycles. The number of hydrogen-bond acceptors (Lipinski definition) is 4. The summed E-state index contributed by atoms with van der Waals surface area (Å²) in [6.07, 6.45) is 16.4. The molecule has 232 valence electrons. The van der Waals surface area contributed by atoms with Crippen LogP contribution in [0.5, 0.6) is 0 Å². The lowest BCUT2D eigenvalue weighted by Gasteiger charge is -2.42. The summed E-state index contributed by atoms with van der Waals surface area (Å²) in [5.74, 6) is 7.39. The molecule has 4 aliphatic heterocycles. The SMILES string of the molecule is CC1CC(C(CCCC(C2CC(C)CC3(C)OC23)C2CC(C)CC3(C)OC23)C2CC(C)CC3(C)OC23)C2OC2(C)C1. The van der Waals surface area contributed by atoms with E-state index >= 15 is 0 Å². The van der Waals surface area contributed by atoms with Crippen molar-refractivity contribution >= 4 is 0 Å². The van der Waals surface area contributed by atoms with Gasteiger partial charge in [-0.15, -0.1) is 0 Å². The summed E-state index contributed by atoms with van der Waals surface area (Å²) in [5, 5.41) is 0. The maximum Gasteiger partial charge on any atom is 0.0926 e. The Kier molecular flexibility index (Phi) is 6.35. The van der Waals surface area contributed by atoms with Crippen molar-refractivity contribution in [2.75, 3.05) is 0 Å². The monoisotopic (exact) mass is 568 g/mol. The molecule has 16 atom stereocenters. The van der Waals surface area contributed by atoms with Gasteiger partial charge in [-0.3, -0.25) is 0 Å². The molecule has 0 aromatic rings. The second-order valence-electron chi connectivity index (χ2n) is 18.5. The lowest BCUT2D eigenvalue weighted by Crippen LogP contribution is -2.42. The van der Waals surface area contributed by atoms with Crippen molar-refractivity contribution in [1.82, 2.24) is 0 Å². The summed E-state index contributed by atoms with van der Waals surface area (Å²) >= 11 is 0. The molecule has 0 aromatic heterocycles. The first kappa shape index (κ1) is 28.3. The third-order valence-corrected chi connectivity index (χ3v) is 14.3. The zero-order chi connectivity index (χ0) is 28.7. The molecule has 8 rings (SSSR count). The van der Waals surface area contributed by atoms with Crippen LogP contribution in [0.3, 0.4) is 0 Å². The van der Waals surface area contributed by atoms with Gasteiger partial charge in [-0.2, -0.15) is 0 Å². The van der Waals surface area contributed by atoms with Crippen LogP contribution in [0.1, 0.15) is 126 Å². The van der Waals surface area contributed by atoms with E-state index in [1.807, 2.05) is 0 Å². The Morgan fingerprint density at radius 3 is 0.951 bits per heavy atom. The fourth-order valence-corrected chi connectivity index (χ4v) is 13.0. The minimum atomic E-state index is 0.148. The van der Waals surface area contributed by atoms with Crippen LogP contribution in [-0.4, -0.2) is 46.8 Å². The molecule has 0 radical (unpaired) electrons. The standard InChI is InChI=1S/C37H60O4/c1-20-12-26(30-34(5,16-20)38-30)24(27-13-21(2)17-35(6)31(27)39-35)10-9-11-25(28-14-22(3)18-36(7)32(28)40-36)29-15-23(4)19-37(8)33(29)41-37/h20-33H,9-19H2,1-8H3. The minimum absolute atomic E-state index is 0.148. The van der Waals surface area contributed by atoms with Crippen LogP contribution in [0, 0.1) is 59.2 Å². The van der Waals surface area contributed by atoms with E-state index in [-0.39, 0.29) is 22.4 Å². The van der Waals surface area contributed by atoms with Crippen molar-refractivity contribution in [2.24, 2.45) is 59.2 Å². The predicted octanol–water partition coefficient (Wildman–Crippen LogP) is 8.20. The number of fused-ring (bicyclic) bond motifs is 4. The van der Waals surface area contributed by atoms with Crippen LogP contribution >= 0.6 is 0 Å². The van der Waals surface area contributed by atoms with E-state index in [2.05, 4.69) is 55.4 Å². The first-order valence-corrected chi connectivity index (χ1v) is 18.0. The number of epoxide rings is 4. The van der Waals surface area contributed by atoms with Gasteiger partial charge in [0.05, 0.1) is 46.8 Å². The molecule has 8 fully saturated rings. The normalized spacial score (nSPS) is 61.5. The second kappa shape index (κ2) is 9.20. The lowest BCUT2D eigenvalue weighted by molar-refractivity contribution is 0.0782. The van der Waals surface area contributed by atoms with Gasteiger partial charge in [0.25, 0.3) is 0 Å². The van der Waals surface area contributed by atoms with E-state index in [9.17, 15) is 0 Å². The Hall–Kier alpha value is -0.160. The highest BCUT2D eigenvalue weighted by Gasteiger charge is 2.67. The molecule has 4 heterocycles. The van der Waals surface area contributed by atoms with Crippen molar-refractivity contribution in [1.29, 1.82) is 0 Å². The lowest BCUT2D eigenvalue weighted by atomic mass is 9.60. The molecule has 4 aliphatic carbocycles. The average molecular weight is 569 g/mol. The van der Waals surface area contributed by atoms with Crippen LogP contribution in [0.4, 0.5) is 0 Å². The van der Waals surface area contributed by atoms with Crippen molar-refractivity contribution in [3.8, 4) is 0 Å². The average Bonchev–Trinajstić information content (AvgIpc) is 3.74. The predicted molar refractivity (Wildman–Crippen MR) is 161 cm³/mol. The smallest absolute Gasteiger partial charge is 0.0926 e. The maximum atomic E-state index is 6.55. The summed E-state index contributed by atoms with van der Waals surface area (Å²) < 4.78 is 26.2. The van der Waals surface area contributed by atoms with Gasteiger partial charge in [-0.25, -0.2) is 0 Å². The molecular weight excluding hydrogens is 508 g/mol. The number of rotatable bonds is 8. The van der Waals surface area contributed by atoms with Crippen molar-refractivity contribution in [3.63, 3.8) is 0 Å². The van der Waals surface area contributed by atoms with Crippen LogP contribution < -0.4 is 0 Å². The fraction of sp³-hybridized carbons (Fsp3) is 1.00. The van der Waals surface area contributed by atoms with Crippen LogP contribution in [0.25, 0.3) is 0 Å². The highest BCUT2D eigenvalue weighted by molar-refractivity contribution is 5.15. The summed E-state index contributed by atoms with van der Waals surface area (Å²) in [6, 6.07) is 0. The Balaban J connectivity index is 1.04. The quantitative estimate of drug-likeness (QED) is 0.277. The van der Waals surface area contributed by atoms with Gasteiger partial charge in [-0.1, -0.05) is 34.1 Å². The zero-order valence-corrected chi connectivity index (χ0v) is 27.5. The van der Waals surface area contributed by atoms with Gasteiger partial charge in [0.1, 0.15) is 0 Å². The fourth-order valence-electron chi connectivity index (χ4n) is 13.0. The van der Waals surface area contributed by atoms with Crippen molar-refractivity contribution in [3.05, 3.63) is 0 Å². The molecule has 4 nitrogen and oxygen atoms in total. The van der Waals surface area contributed by atoms with Gasteiger partial charge in [0, 0.05) is 0 Å². The summed E-state index contributed by atoms with van der Waals surface area (Å²) in [4.78, 5) is 0. The van der Waals surface area contributed by atoms with Crippen LogP contribution in [0.15, 0.2) is 0 Å². The van der Waals surface area contributed by atoms with E-state index < -0.39 is 0 Å². The Morgan fingerprint density at radius 2 is 0.707 bits per heavy atom. The second-order valence-corrected chi connectivity index (χ2v) is 18.5. The van der Waals surface area contributed by atoms with E-state index in [1.165, 1.54) is 70.6 Å². The van der Waals surface area contributed by atoms with Crippen molar-refractivity contribution in [2.45, 2.75) is 173 Å². The largest absolute Gasteiger partial charge is 0.366 e. The molecule has 0 spiro atoms. The third-order valence-electron chi connectivity index (χ3n) is 14.3. The molecule has 0 bridgehead atoms. The van der Waals surface area contributed by atoms with E-state index in [0.29, 0.717) is 48.1 Å². The molecule has 0 aromatic carbocycles. The van der Waals surface area contributed by atoms with E-state index in [1.54, 1.807) is 0 Å². The Labute approximate surface area is 250 Å². The van der Waals surface area contributed by atoms with Crippen LogP contribution in [0.2, 0.25) is 0 Å². The van der Waals surface area contributed by atoms with Gasteiger partial charge in [0.2, 0.25) is 0 Å². The maximum absolute atomic E-state index is 6.55. The molecule has 4 saturated carbocycles. The topological polar surface area (TPSA) is 50.1 Å². The molecule has 4 heteroatoms. The van der Waals surface area contributed by atoms with Gasteiger partial charge in [0.15, 0.2) is 0 Å². The number of ether oxygens (including phenoxy) is 4. The summed E-state index contributed by atoms with van der Waals surface area (Å²) in [6.45, 7) is 19.6. The highest BCUT2D eigenvalue weighted by Crippen LogP contribution is 2.63. The van der Waals surface area contributed by atoms with Gasteiger partial charge >= 0.3 is 0 Å². The molecule has 16 unspecified atom stereocenters. The van der Waals surface area contributed by atoms with Gasteiger partial charge < -0.3 is 18.9 Å². The number of hydrogen-bond donors (Lipinski definition) is 0. The molecule has 0 amide bonds. The third kappa shape index (κ3) is 4.73. The van der Waals surface area contributed by atoms with Crippen LogP contribution in [-0.2, 0) is 18.9 Å². The zero-order valence-electron chi connectivity index (χ0n) is 27.5. The van der Waals surface area contributed by atoms with Crippen molar-refractivity contribution < 1.29 is 18.9 Å². The summed E-state index contributed by atoms with van der Waals surface area (Å²) in [5.41, 5.74) is 0.592. The van der Waals surface area contributed by atoms with Gasteiger partial charge in [-0.05, 0) is 151 Å². The minimum Gasteiger partial charge on any atom is -0.366 e. The highest BCUT2D eigenvalue weighted by atomic mass is 16.6. The molecule has 8 aliphatic rings. The first-order chi connectivity index (χ1) is 19.3. The van der Waals surface area contributed by atoms with E-state index in [0.717, 1.165) is 35.5 Å².